The maximum Gasteiger partial charge on any atom is 0.254 e. The fraction of sp³-hybridized carbons (Fsp3) is 0.333. The Bertz CT molecular complexity index is 789. The molecule has 0 bridgehead atoms. The number of aryl methyl sites for hydroxylation is 2. The second-order valence-electron chi connectivity index (χ2n) is 6.27. The first-order valence-electron chi connectivity index (χ1n) is 8.75. The zero-order chi connectivity index (χ0) is 19.1. The first-order chi connectivity index (χ1) is 12.5. The van der Waals surface area contributed by atoms with Crippen molar-refractivity contribution in [3.8, 4) is 0 Å². The standard InChI is InChI=1S/C21H26N2O2S/c1-5-12-23(14-20(24)22-19-9-7-6-8-16(19)3)21(25)18-13-17(26-4)11-10-15(18)2/h6-11,13H,5,12,14H2,1-4H3,(H,22,24). The minimum Gasteiger partial charge on any atom is -0.329 e. The van der Waals surface area contributed by atoms with E-state index in [2.05, 4.69) is 5.32 Å². The molecular weight excluding hydrogens is 344 g/mol. The SMILES string of the molecule is CCCN(CC(=O)Nc1ccccc1C)C(=O)c1cc(SC)ccc1C. The van der Waals surface area contributed by atoms with Crippen LogP contribution in [0.3, 0.4) is 0 Å². The highest BCUT2D eigenvalue weighted by molar-refractivity contribution is 7.98. The van der Waals surface area contributed by atoms with Crippen LogP contribution in [0.2, 0.25) is 0 Å². The highest BCUT2D eigenvalue weighted by Crippen LogP contribution is 2.21. The molecule has 138 valence electrons. The summed E-state index contributed by atoms with van der Waals surface area (Å²) in [5.74, 6) is -0.278. The van der Waals surface area contributed by atoms with Gasteiger partial charge in [-0.3, -0.25) is 9.59 Å². The number of carbonyl (C=O) groups excluding carboxylic acids is 2. The normalized spacial score (nSPS) is 10.5. The number of amides is 2. The zero-order valence-electron chi connectivity index (χ0n) is 15.8. The Labute approximate surface area is 160 Å². The molecule has 26 heavy (non-hydrogen) atoms. The molecule has 0 aliphatic rings. The van der Waals surface area contributed by atoms with Crippen molar-refractivity contribution in [1.82, 2.24) is 4.90 Å². The third-order valence-electron chi connectivity index (χ3n) is 4.21. The van der Waals surface area contributed by atoms with E-state index in [4.69, 9.17) is 0 Å². The molecular formula is C21H26N2O2S. The quantitative estimate of drug-likeness (QED) is 0.729. The summed E-state index contributed by atoms with van der Waals surface area (Å²) >= 11 is 1.60. The number of carbonyl (C=O) groups is 2. The van der Waals surface area contributed by atoms with Crippen molar-refractivity contribution in [2.75, 3.05) is 24.7 Å². The molecule has 0 aliphatic heterocycles. The zero-order valence-corrected chi connectivity index (χ0v) is 16.7. The van der Waals surface area contributed by atoms with Crippen LogP contribution < -0.4 is 5.32 Å². The average molecular weight is 371 g/mol. The van der Waals surface area contributed by atoms with E-state index in [1.165, 1.54) is 0 Å². The molecule has 0 saturated carbocycles. The Balaban J connectivity index is 2.16. The molecule has 0 atom stereocenters. The summed E-state index contributed by atoms with van der Waals surface area (Å²) in [7, 11) is 0. The Morgan fingerprint density at radius 3 is 2.46 bits per heavy atom. The fourth-order valence-electron chi connectivity index (χ4n) is 2.73. The maximum absolute atomic E-state index is 13.0. The van der Waals surface area contributed by atoms with E-state index in [1.807, 2.05) is 69.5 Å². The van der Waals surface area contributed by atoms with Crippen molar-refractivity contribution in [3.05, 3.63) is 59.2 Å². The lowest BCUT2D eigenvalue weighted by Crippen LogP contribution is -2.39. The van der Waals surface area contributed by atoms with Gasteiger partial charge in [-0.15, -0.1) is 11.8 Å². The monoisotopic (exact) mass is 370 g/mol. The lowest BCUT2D eigenvalue weighted by Gasteiger charge is -2.23. The molecule has 4 nitrogen and oxygen atoms in total. The molecule has 0 heterocycles. The van der Waals surface area contributed by atoms with Crippen LogP contribution in [0.15, 0.2) is 47.4 Å². The van der Waals surface area contributed by atoms with Gasteiger partial charge in [-0.25, -0.2) is 0 Å². The van der Waals surface area contributed by atoms with Gasteiger partial charge in [-0.1, -0.05) is 31.2 Å². The van der Waals surface area contributed by atoms with Crippen molar-refractivity contribution in [1.29, 1.82) is 0 Å². The average Bonchev–Trinajstić information content (AvgIpc) is 2.63. The molecule has 2 amide bonds. The smallest absolute Gasteiger partial charge is 0.254 e. The highest BCUT2D eigenvalue weighted by atomic mass is 32.2. The summed E-state index contributed by atoms with van der Waals surface area (Å²) in [6.07, 6.45) is 2.78. The molecule has 2 aromatic rings. The van der Waals surface area contributed by atoms with Crippen molar-refractivity contribution in [3.63, 3.8) is 0 Å². The summed E-state index contributed by atoms with van der Waals surface area (Å²) in [6.45, 7) is 6.47. The van der Waals surface area contributed by atoms with Crippen molar-refractivity contribution < 1.29 is 9.59 Å². The van der Waals surface area contributed by atoms with E-state index in [1.54, 1.807) is 16.7 Å². The van der Waals surface area contributed by atoms with Crippen LogP contribution in [0, 0.1) is 13.8 Å². The number of nitrogens with zero attached hydrogens (tertiary/aromatic N) is 1. The lowest BCUT2D eigenvalue weighted by atomic mass is 10.1. The van der Waals surface area contributed by atoms with Gasteiger partial charge in [0.15, 0.2) is 0 Å². The van der Waals surface area contributed by atoms with Crippen LogP contribution in [-0.2, 0) is 4.79 Å². The topological polar surface area (TPSA) is 49.4 Å². The summed E-state index contributed by atoms with van der Waals surface area (Å²) < 4.78 is 0. The minimum absolute atomic E-state index is 0.0456. The number of rotatable bonds is 7. The van der Waals surface area contributed by atoms with E-state index in [0.29, 0.717) is 12.1 Å². The number of nitrogens with one attached hydrogen (secondary N) is 1. The van der Waals surface area contributed by atoms with Crippen LogP contribution >= 0.6 is 11.8 Å². The van der Waals surface area contributed by atoms with Gasteiger partial charge in [-0.2, -0.15) is 0 Å². The molecule has 0 saturated heterocycles. The Morgan fingerprint density at radius 2 is 1.81 bits per heavy atom. The third-order valence-corrected chi connectivity index (χ3v) is 4.93. The molecule has 0 unspecified atom stereocenters. The molecule has 2 rings (SSSR count). The van der Waals surface area contributed by atoms with Gasteiger partial charge < -0.3 is 10.2 Å². The maximum atomic E-state index is 13.0. The van der Waals surface area contributed by atoms with Crippen molar-refractivity contribution >= 4 is 29.3 Å². The van der Waals surface area contributed by atoms with Crippen LogP contribution in [0.4, 0.5) is 5.69 Å². The molecule has 2 aromatic carbocycles. The predicted octanol–water partition coefficient (Wildman–Crippen LogP) is 4.52. The van der Waals surface area contributed by atoms with Gasteiger partial charge in [0.25, 0.3) is 5.91 Å². The van der Waals surface area contributed by atoms with E-state index >= 15 is 0 Å². The molecule has 0 spiro atoms. The van der Waals surface area contributed by atoms with Gasteiger partial charge in [0.2, 0.25) is 5.91 Å². The largest absolute Gasteiger partial charge is 0.329 e. The van der Waals surface area contributed by atoms with Crippen LogP contribution in [0.5, 0.6) is 0 Å². The Morgan fingerprint density at radius 1 is 1.08 bits per heavy atom. The fourth-order valence-corrected chi connectivity index (χ4v) is 3.17. The van der Waals surface area contributed by atoms with Crippen molar-refractivity contribution in [2.45, 2.75) is 32.1 Å². The second kappa shape index (κ2) is 9.43. The highest BCUT2D eigenvalue weighted by Gasteiger charge is 2.20. The van der Waals surface area contributed by atoms with E-state index in [9.17, 15) is 9.59 Å². The van der Waals surface area contributed by atoms with Crippen molar-refractivity contribution in [2.24, 2.45) is 0 Å². The van der Waals surface area contributed by atoms with E-state index < -0.39 is 0 Å². The van der Waals surface area contributed by atoms with Gasteiger partial charge >= 0.3 is 0 Å². The van der Waals surface area contributed by atoms with E-state index in [0.717, 1.165) is 28.1 Å². The third kappa shape index (κ3) is 5.11. The summed E-state index contributed by atoms with van der Waals surface area (Å²) in [4.78, 5) is 28.2. The number of para-hydroxylation sites is 1. The van der Waals surface area contributed by atoms with Gasteiger partial charge in [0, 0.05) is 22.7 Å². The predicted molar refractivity (Wildman–Crippen MR) is 109 cm³/mol. The Kier molecular flexibility index (Phi) is 7.27. The van der Waals surface area contributed by atoms with E-state index in [-0.39, 0.29) is 18.4 Å². The second-order valence-corrected chi connectivity index (χ2v) is 7.15. The van der Waals surface area contributed by atoms with Crippen LogP contribution in [-0.4, -0.2) is 36.1 Å². The number of thioether (sulfide) groups is 1. The summed E-state index contributed by atoms with van der Waals surface area (Å²) in [5, 5.41) is 2.91. The number of hydrogen-bond donors (Lipinski definition) is 1. The van der Waals surface area contributed by atoms with Gasteiger partial charge in [-0.05, 0) is 55.9 Å². The molecule has 0 aromatic heterocycles. The molecule has 1 N–H and O–H groups in total. The van der Waals surface area contributed by atoms with Crippen LogP contribution in [0.25, 0.3) is 0 Å². The first-order valence-corrected chi connectivity index (χ1v) is 9.98. The number of benzene rings is 2. The van der Waals surface area contributed by atoms with Crippen LogP contribution in [0.1, 0.15) is 34.8 Å². The molecule has 0 fully saturated rings. The molecule has 0 aliphatic carbocycles. The number of hydrogen-bond acceptors (Lipinski definition) is 3. The summed E-state index contributed by atoms with van der Waals surface area (Å²) in [6, 6.07) is 13.5. The minimum atomic E-state index is -0.181. The lowest BCUT2D eigenvalue weighted by molar-refractivity contribution is -0.116. The number of anilines is 1. The van der Waals surface area contributed by atoms with Gasteiger partial charge in [0.1, 0.15) is 6.54 Å². The summed E-state index contributed by atoms with van der Waals surface area (Å²) in [5.41, 5.74) is 3.36. The first kappa shape index (κ1) is 20.0. The molecule has 5 heteroatoms. The Hall–Kier alpha value is -2.27. The molecule has 0 radical (unpaired) electrons. The van der Waals surface area contributed by atoms with Gasteiger partial charge in [0.05, 0.1) is 0 Å².